The maximum absolute atomic E-state index is 13.3. The molecule has 0 amide bonds. The Morgan fingerprint density at radius 2 is 1.29 bits per heavy atom. The molecule has 2 nitrogen and oxygen atoms in total. The molecule has 1 saturated heterocycles. The highest BCUT2D eigenvalue weighted by molar-refractivity contribution is 5.46. The van der Waals surface area contributed by atoms with Gasteiger partial charge in [-0.1, -0.05) is 30.7 Å². The molecule has 0 N–H and O–H groups in total. The molecule has 0 aliphatic carbocycles. The monoisotopic (exact) mass is 326 g/mol. The molecule has 1 aliphatic rings. The number of piperidine rings is 1. The van der Waals surface area contributed by atoms with E-state index in [1.807, 2.05) is 0 Å². The van der Waals surface area contributed by atoms with E-state index in [0.29, 0.717) is 6.54 Å². The molecule has 3 rings (SSSR count). The Bertz CT molecular complexity index is 665. The van der Waals surface area contributed by atoms with Gasteiger partial charge in [-0.05, 0) is 61.3 Å². The van der Waals surface area contributed by atoms with Crippen LogP contribution >= 0.6 is 0 Å². The maximum atomic E-state index is 13.3. The Kier molecular flexibility index (Phi) is 4.92. The maximum Gasteiger partial charge on any atom is 0.123 e. The fraction of sp³-hybridized carbons (Fsp3) is 0.350. The Hall–Kier alpha value is -2.25. The molecule has 0 radical (unpaired) electrons. The predicted molar refractivity (Wildman–Crippen MR) is 89.5 cm³/mol. The van der Waals surface area contributed by atoms with Crippen molar-refractivity contribution in [1.29, 1.82) is 5.26 Å². The van der Waals surface area contributed by atoms with Gasteiger partial charge in [0.05, 0.1) is 6.07 Å². The highest BCUT2D eigenvalue weighted by Crippen LogP contribution is 2.34. The van der Waals surface area contributed by atoms with Gasteiger partial charge in [0.2, 0.25) is 0 Å². The van der Waals surface area contributed by atoms with Crippen LogP contribution in [0, 0.1) is 23.0 Å². The van der Waals surface area contributed by atoms with Crippen molar-refractivity contribution >= 4 is 0 Å². The van der Waals surface area contributed by atoms with Crippen molar-refractivity contribution in [1.82, 2.24) is 4.90 Å². The van der Waals surface area contributed by atoms with E-state index < -0.39 is 5.41 Å². The summed E-state index contributed by atoms with van der Waals surface area (Å²) in [6, 6.07) is 14.6. The van der Waals surface area contributed by atoms with Crippen molar-refractivity contribution in [3.63, 3.8) is 0 Å². The average Bonchev–Trinajstić information content (AvgIpc) is 2.62. The molecule has 4 heteroatoms. The lowest BCUT2D eigenvalue weighted by atomic mass is 9.75. The standard InChI is InChI=1S/C20H20F2N2/c21-18-8-4-16(5-9-18)20(14-23,15-24-12-2-1-3-13-24)17-6-10-19(22)11-7-17/h4-11H,1-3,12-13,15H2. The van der Waals surface area contributed by atoms with Crippen LogP contribution in [0.3, 0.4) is 0 Å². The van der Waals surface area contributed by atoms with Crippen LogP contribution in [0.1, 0.15) is 30.4 Å². The molecule has 0 saturated carbocycles. The number of hydrogen-bond donors (Lipinski definition) is 0. The lowest BCUT2D eigenvalue weighted by molar-refractivity contribution is 0.207. The Morgan fingerprint density at radius 3 is 1.71 bits per heavy atom. The van der Waals surface area contributed by atoms with Gasteiger partial charge in [0, 0.05) is 6.54 Å². The number of likely N-dealkylation sites (tertiary alicyclic amines) is 1. The van der Waals surface area contributed by atoms with Crippen molar-refractivity contribution in [2.75, 3.05) is 19.6 Å². The lowest BCUT2D eigenvalue weighted by Gasteiger charge is -2.36. The van der Waals surface area contributed by atoms with Crippen LogP contribution in [-0.2, 0) is 5.41 Å². The van der Waals surface area contributed by atoms with Crippen LogP contribution in [0.15, 0.2) is 48.5 Å². The van der Waals surface area contributed by atoms with Crippen molar-refractivity contribution in [3.8, 4) is 6.07 Å². The zero-order chi connectivity index (χ0) is 17.0. The van der Waals surface area contributed by atoms with E-state index in [-0.39, 0.29) is 11.6 Å². The third kappa shape index (κ3) is 3.32. The summed E-state index contributed by atoms with van der Waals surface area (Å²) in [5, 5.41) is 10.1. The molecule has 1 heterocycles. The molecule has 2 aromatic carbocycles. The van der Waals surface area contributed by atoms with Crippen molar-refractivity contribution < 1.29 is 8.78 Å². The number of hydrogen-bond acceptors (Lipinski definition) is 2. The Morgan fingerprint density at radius 1 is 0.833 bits per heavy atom. The number of rotatable bonds is 4. The molecule has 2 aromatic rings. The fourth-order valence-electron chi connectivity index (χ4n) is 3.44. The number of nitrogens with zero attached hydrogens (tertiary/aromatic N) is 2. The van der Waals surface area contributed by atoms with Crippen molar-refractivity contribution in [2.24, 2.45) is 0 Å². The molecule has 24 heavy (non-hydrogen) atoms. The summed E-state index contributed by atoms with van der Waals surface area (Å²) < 4.78 is 26.7. The van der Waals surface area contributed by atoms with E-state index in [1.165, 1.54) is 30.7 Å². The number of nitriles is 1. The van der Waals surface area contributed by atoms with E-state index in [1.54, 1.807) is 24.3 Å². The second kappa shape index (κ2) is 7.11. The molecule has 0 atom stereocenters. The zero-order valence-corrected chi connectivity index (χ0v) is 13.5. The third-order valence-electron chi connectivity index (χ3n) is 4.77. The van der Waals surface area contributed by atoms with Crippen LogP contribution in [0.2, 0.25) is 0 Å². The van der Waals surface area contributed by atoms with Crippen LogP contribution in [-0.4, -0.2) is 24.5 Å². The smallest absolute Gasteiger partial charge is 0.123 e. The molecule has 0 unspecified atom stereocenters. The molecule has 0 aromatic heterocycles. The fourth-order valence-corrected chi connectivity index (χ4v) is 3.44. The Balaban J connectivity index is 2.05. The highest BCUT2D eigenvalue weighted by atomic mass is 19.1. The topological polar surface area (TPSA) is 27.0 Å². The molecule has 0 bridgehead atoms. The van der Waals surface area contributed by atoms with Gasteiger partial charge >= 0.3 is 0 Å². The van der Waals surface area contributed by atoms with Crippen LogP contribution < -0.4 is 0 Å². The minimum absolute atomic E-state index is 0.331. The van der Waals surface area contributed by atoms with Gasteiger partial charge in [-0.25, -0.2) is 8.78 Å². The van der Waals surface area contributed by atoms with Gasteiger partial charge in [0.1, 0.15) is 17.0 Å². The Labute approximate surface area is 141 Å². The summed E-state index contributed by atoms with van der Waals surface area (Å²) in [5.74, 6) is -0.662. The number of halogens is 2. The van der Waals surface area contributed by atoms with Crippen LogP contribution in [0.4, 0.5) is 8.78 Å². The molecular formula is C20H20F2N2. The second-order valence-corrected chi connectivity index (χ2v) is 6.37. The van der Waals surface area contributed by atoms with Crippen molar-refractivity contribution in [2.45, 2.75) is 24.7 Å². The SMILES string of the molecule is N#CC(CN1CCCCC1)(c1ccc(F)cc1)c1ccc(F)cc1. The van der Waals surface area contributed by atoms with E-state index in [9.17, 15) is 14.0 Å². The summed E-state index contributed by atoms with van der Waals surface area (Å²) in [4.78, 5) is 2.28. The second-order valence-electron chi connectivity index (χ2n) is 6.37. The quantitative estimate of drug-likeness (QED) is 0.839. The van der Waals surface area contributed by atoms with Crippen LogP contribution in [0.25, 0.3) is 0 Å². The summed E-state index contributed by atoms with van der Waals surface area (Å²) in [6.07, 6.45) is 3.45. The summed E-state index contributed by atoms with van der Waals surface area (Å²) >= 11 is 0. The van der Waals surface area contributed by atoms with E-state index in [4.69, 9.17) is 0 Å². The highest BCUT2D eigenvalue weighted by Gasteiger charge is 2.37. The molecule has 1 aliphatic heterocycles. The van der Waals surface area contributed by atoms with E-state index in [0.717, 1.165) is 37.1 Å². The van der Waals surface area contributed by atoms with E-state index in [2.05, 4.69) is 11.0 Å². The first-order chi connectivity index (χ1) is 11.6. The first-order valence-corrected chi connectivity index (χ1v) is 8.30. The number of benzene rings is 2. The average molecular weight is 326 g/mol. The first kappa shape index (κ1) is 16.6. The van der Waals surface area contributed by atoms with Crippen molar-refractivity contribution in [3.05, 3.63) is 71.3 Å². The van der Waals surface area contributed by atoms with Gasteiger partial charge in [0.15, 0.2) is 0 Å². The summed E-state index contributed by atoms with van der Waals surface area (Å²) in [5.41, 5.74) is 0.547. The van der Waals surface area contributed by atoms with Gasteiger partial charge in [0.25, 0.3) is 0 Å². The van der Waals surface area contributed by atoms with Gasteiger partial charge < -0.3 is 4.90 Å². The van der Waals surface area contributed by atoms with Gasteiger partial charge in [-0.2, -0.15) is 5.26 Å². The summed E-state index contributed by atoms with van der Waals surface area (Å²) in [7, 11) is 0. The third-order valence-corrected chi connectivity index (χ3v) is 4.77. The predicted octanol–water partition coefficient (Wildman–Crippen LogP) is 4.26. The molecule has 124 valence electrons. The van der Waals surface area contributed by atoms with E-state index >= 15 is 0 Å². The first-order valence-electron chi connectivity index (χ1n) is 8.30. The lowest BCUT2D eigenvalue weighted by Crippen LogP contribution is -2.43. The van der Waals surface area contributed by atoms with Gasteiger partial charge in [-0.3, -0.25) is 0 Å². The minimum Gasteiger partial charge on any atom is -0.301 e. The van der Waals surface area contributed by atoms with Gasteiger partial charge in [-0.15, -0.1) is 0 Å². The molecule has 1 fully saturated rings. The van der Waals surface area contributed by atoms with Crippen LogP contribution in [0.5, 0.6) is 0 Å². The largest absolute Gasteiger partial charge is 0.301 e. The minimum atomic E-state index is -0.932. The molecular weight excluding hydrogens is 306 g/mol. The molecule has 0 spiro atoms. The normalized spacial score (nSPS) is 15.9. The zero-order valence-electron chi connectivity index (χ0n) is 13.5. The summed E-state index contributed by atoms with van der Waals surface area (Å²) in [6.45, 7) is 2.43.